The molecule has 2 rings (SSSR count). The van der Waals surface area contributed by atoms with Crippen LogP contribution in [-0.4, -0.2) is 21.9 Å². The van der Waals surface area contributed by atoms with Crippen molar-refractivity contribution in [2.24, 2.45) is 0 Å². The second-order valence-corrected chi connectivity index (χ2v) is 4.65. The molecule has 1 aromatic carbocycles. The monoisotopic (exact) mass is 274 g/mol. The van der Waals surface area contributed by atoms with Crippen LogP contribution in [0.15, 0.2) is 30.6 Å². The number of ether oxygens (including phenoxy) is 1. The lowest BCUT2D eigenvalue weighted by Crippen LogP contribution is -2.22. The number of nitrogens with one attached hydrogen (secondary N) is 1. The first-order chi connectivity index (χ1) is 9.78. The van der Waals surface area contributed by atoms with Crippen LogP contribution in [0.3, 0.4) is 0 Å². The molecule has 108 valence electrons. The highest BCUT2D eigenvalue weighted by atomic mass is 16.5. The molecule has 0 amide bonds. The van der Waals surface area contributed by atoms with Crippen LogP contribution in [0.4, 0.5) is 0 Å². The van der Waals surface area contributed by atoms with E-state index in [1.54, 1.807) is 13.4 Å². The molecule has 0 radical (unpaired) electrons. The van der Waals surface area contributed by atoms with Crippen LogP contribution in [-0.2, 0) is 13.1 Å². The van der Waals surface area contributed by atoms with Gasteiger partial charge in [-0.3, -0.25) is 0 Å². The Morgan fingerprint density at radius 3 is 2.60 bits per heavy atom. The number of hydrogen-bond donors (Lipinski definition) is 1. The quantitative estimate of drug-likeness (QED) is 0.843. The van der Waals surface area contributed by atoms with Gasteiger partial charge in [0.1, 0.15) is 17.9 Å². The van der Waals surface area contributed by atoms with E-state index in [-0.39, 0.29) is 0 Å². The lowest BCUT2D eigenvalue weighted by molar-refractivity contribution is 0.414. The molecule has 0 aliphatic carbocycles. The van der Waals surface area contributed by atoms with Crippen LogP contribution in [0, 0.1) is 0 Å². The zero-order valence-corrected chi connectivity index (χ0v) is 12.3. The van der Waals surface area contributed by atoms with Gasteiger partial charge in [0.2, 0.25) is 0 Å². The van der Waals surface area contributed by atoms with Crippen LogP contribution in [0.25, 0.3) is 0 Å². The van der Waals surface area contributed by atoms with Gasteiger partial charge in [0.15, 0.2) is 0 Å². The van der Waals surface area contributed by atoms with Crippen molar-refractivity contribution < 1.29 is 4.74 Å². The van der Waals surface area contributed by atoms with Gasteiger partial charge in [0.25, 0.3) is 0 Å². The highest BCUT2D eigenvalue weighted by Crippen LogP contribution is 2.20. The SMILES string of the molecule is CCC(NCc1nncn1CC)c1ccc(OC)cc1. The van der Waals surface area contributed by atoms with E-state index in [2.05, 4.69) is 41.5 Å². The Balaban J connectivity index is 2.01. The fourth-order valence-electron chi connectivity index (χ4n) is 2.23. The van der Waals surface area contributed by atoms with E-state index in [1.807, 2.05) is 16.7 Å². The maximum atomic E-state index is 5.19. The van der Waals surface area contributed by atoms with Crippen LogP contribution in [0.2, 0.25) is 0 Å². The van der Waals surface area contributed by atoms with Gasteiger partial charge in [-0.05, 0) is 31.0 Å². The summed E-state index contributed by atoms with van der Waals surface area (Å²) in [6.45, 7) is 5.88. The summed E-state index contributed by atoms with van der Waals surface area (Å²) in [5.74, 6) is 1.86. The molecule has 0 aliphatic rings. The van der Waals surface area contributed by atoms with E-state index in [9.17, 15) is 0 Å². The highest BCUT2D eigenvalue weighted by molar-refractivity contribution is 5.29. The molecule has 0 saturated heterocycles. The zero-order valence-electron chi connectivity index (χ0n) is 12.3. The van der Waals surface area contributed by atoms with Crippen molar-refractivity contribution in [1.82, 2.24) is 20.1 Å². The van der Waals surface area contributed by atoms with Gasteiger partial charge >= 0.3 is 0 Å². The largest absolute Gasteiger partial charge is 0.497 e. The first-order valence-electron chi connectivity index (χ1n) is 7.02. The van der Waals surface area contributed by atoms with E-state index >= 15 is 0 Å². The van der Waals surface area contributed by atoms with Crippen molar-refractivity contribution in [2.45, 2.75) is 39.4 Å². The predicted octanol–water partition coefficient (Wildman–Crippen LogP) is 2.55. The number of nitrogens with zero attached hydrogens (tertiary/aromatic N) is 3. The maximum Gasteiger partial charge on any atom is 0.146 e. The Kier molecular flexibility index (Phi) is 5.12. The van der Waals surface area contributed by atoms with Crippen LogP contribution in [0.1, 0.15) is 37.7 Å². The summed E-state index contributed by atoms with van der Waals surface area (Å²) in [5.41, 5.74) is 1.26. The standard InChI is InChI=1S/C15H22N4O/c1-4-14(12-6-8-13(20-3)9-7-12)16-10-15-18-17-11-19(15)5-2/h6-9,11,14,16H,4-5,10H2,1-3H3. The summed E-state index contributed by atoms with van der Waals surface area (Å²) < 4.78 is 7.24. The molecule has 2 aromatic rings. The number of hydrogen-bond acceptors (Lipinski definition) is 4. The molecule has 1 atom stereocenters. The Morgan fingerprint density at radius 2 is 2.00 bits per heavy atom. The minimum absolute atomic E-state index is 0.308. The van der Waals surface area contributed by atoms with Gasteiger partial charge in [0.05, 0.1) is 13.7 Å². The lowest BCUT2D eigenvalue weighted by Gasteiger charge is -2.17. The Morgan fingerprint density at radius 1 is 1.25 bits per heavy atom. The molecule has 0 saturated carbocycles. The fourth-order valence-corrected chi connectivity index (χ4v) is 2.23. The van der Waals surface area contributed by atoms with Crippen molar-refractivity contribution in [3.8, 4) is 5.75 Å². The van der Waals surface area contributed by atoms with Crippen LogP contribution in [0.5, 0.6) is 5.75 Å². The molecule has 0 spiro atoms. The molecule has 20 heavy (non-hydrogen) atoms. The normalized spacial score (nSPS) is 12.3. The summed E-state index contributed by atoms with van der Waals surface area (Å²) in [6.07, 6.45) is 2.79. The summed E-state index contributed by atoms with van der Waals surface area (Å²) in [4.78, 5) is 0. The van der Waals surface area contributed by atoms with Crippen LogP contribution >= 0.6 is 0 Å². The average molecular weight is 274 g/mol. The number of benzene rings is 1. The molecule has 1 heterocycles. The third-order valence-corrected chi connectivity index (χ3v) is 3.47. The predicted molar refractivity (Wildman–Crippen MR) is 78.6 cm³/mol. The molecule has 0 fully saturated rings. The number of rotatable bonds is 7. The Hall–Kier alpha value is -1.88. The van der Waals surface area contributed by atoms with Crippen molar-refractivity contribution >= 4 is 0 Å². The smallest absolute Gasteiger partial charge is 0.146 e. The van der Waals surface area contributed by atoms with Gasteiger partial charge in [-0.15, -0.1) is 10.2 Å². The van der Waals surface area contributed by atoms with Crippen molar-refractivity contribution in [2.75, 3.05) is 7.11 Å². The fraction of sp³-hybridized carbons (Fsp3) is 0.467. The Bertz CT molecular complexity index is 521. The van der Waals surface area contributed by atoms with Gasteiger partial charge in [-0.1, -0.05) is 19.1 Å². The van der Waals surface area contributed by atoms with E-state index in [0.717, 1.165) is 31.1 Å². The molecule has 5 heteroatoms. The molecule has 0 aliphatic heterocycles. The first kappa shape index (κ1) is 14.5. The topological polar surface area (TPSA) is 52.0 Å². The van der Waals surface area contributed by atoms with Gasteiger partial charge in [-0.2, -0.15) is 0 Å². The lowest BCUT2D eigenvalue weighted by atomic mass is 10.0. The highest BCUT2D eigenvalue weighted by Gasteiger charge is 2.10. The average Bonchev–Trinajstić information content (AvgIpc) is 2.96. The third-order valence-electron chi connectivity index (χ3n) is 3.47. The number of aromatic nitrogens is 3. The molecule has 0 bridgehead atoms. The van der Waals surface area contributed by atoms with Crippen molar-refractivity contribution in [3.05, 3.63) is 42.0 Å². The zero-order chi connectivity index (χ0) is 14.4. The van der Waals surface area contributed by atoms with E-state index in [0.29, 0.717) is 6.04 Å². The van der Waals surface area contributed by atoms with Crippen LogP contribution < -0.4 is 10.1 Å². The van der Waals surface area contributed by atoms with E-state index in [4.69, 9.17) is 4.74 Å². The van der Waals surface area contributed by atoms with E-state index in [1.165, 1.54) is 5.56 Å². The third kappa shape index (κ3) is 3.36. The summed E-state index contributed by atoms with van der Waals surface area (Å²) in [5, 5.41) is 11.6. The second kappa shape index (κ2) is 7.05. The minimum Gasteiger partial charge on any atom is -0.497 e. The molecule has 1 N–H and O–H groups in total. The Labute approximate surface area is 120 Å². The first-order valence-corrected chi connectivity index (χ1v) is 7.02. The summed E-state index contributed by atoms with van der Waals surface area (Å²) in [6, 6.07) is 8.50. The maximum absolute atomic E-state index is 5.19. The van der Waals surface area contributed by atoms with E-state index < -0.39 is 0 Å². The van der Waals surface area contributed by atoms with Gasteiger partial charge in [0, 0.05) is 12.6 Å². The molecular weight excluding hydrogens is 252 g/mol. The molecule has 1 unspecified atom stereocenters. The van der Waals surface area contributed by atoms with Gasteiger partial charge in [-0.25, -0.2) is 0 Å². The second-order valence-electron chi connectivity index (χ2n) is 4.65. The molecular formula is C15H22N4O. The van der Waals surface area contributed by atoms with Crippen molar-refractivity contribution in [3.63, 3.8) is 0 Å². The number of aryl methyl sites for hydroxylation is 1. The summed E-state index contributed by atoms with van der Waals surface area (Å²) in [7, 11) is 1.68. The minimum atomic E-state index is 0.308. The molecule has 1 aromatic heterocycles. The van der Waals surface area contributed by atoms with Crippen molar-refractivity contribution in [1.29, 1.82) is 0 Å². The number of methoxy groups -OCH3 is 1. The van der Waals surface area contributed by atoms with Gasteiger partial charge < -0.3 is 14.6 Å². The molecule has 5 nitrogen and oxygen atoms in total. The summed E-state index contributed by atoms with van der Waals surface area (Å²) >= 11 is 0.